The number of nitrogens with zero attached hydrogens (tertiary/aromatic N) is 3. The van der Waals surface area contributed by atoms with E-state index < -0.39 is 0 Å². The van der Waals surface area contributed by atoms with E-state index in [1.807, 2.05) is 59.3 Å². The fourth-order valence-corrected chi connectivity index (χ4v) is 3.98. The lowest BCUT2D eigenvalue weighted by atomic mass is 9.87. The summed E-state index contributed by atoms with van der Waals surface area (Å²) in [5.74, 6) is 0.573. The van der Waals surface area contributed by atoms with Gasteiger partial charge in [-0.25, -0.2) is 9.37 Å². The quantitative estimate of drug-likeness (QED) is 0.550. The molecule has 6 heteroatoms. The van der Waals surface area contributed by atoms with E-state index in [1.165, 1.54) is 23.3 Å². The second kappa shape index (κ2) is 7.26. The Bertz CT molecular complexity index is 1080. The molecule has 2 aromatic heterocycles. The highest BCUT2D eigenvalue weighted by Gasteiger charge is 2.35. The third kappa shape index (κ3) is 3.03. The summed E-state index contributed by atoms with van der Waals surface area (Å²) in [7, 11) is 0. The van der Waals surface area contributed by atoms with Gasteiger partial charge in [0.2, 0.25) is 0 Å². The average molecular weight is 395 g/mol. The molecule has 0 aliphatic carbocycles. The van der Waals surface area contributed by atoms with E-state index in [0.717, 1.165) is 23.4 Å². The Balaban J connectivity index is 0.00000192. The summed E-state index contributed by atoms with van der Waals surface area (Å²) in [5, 5.41) is 0. The number of rotatable bonds is 2. The lowest BCUT2D eigenvalue weighted by Gasteiger charge is -2.42. The van der Waals surface area contributed by atoms with Gasteiger partial charge < -0.3 is 15.0 Å². The SMILES string of the molecule is Cl.NC1Cc2ccccc2C(c2ccc(F)cc2)N1c1cn2ccccc2n1. The van der Waals surface area contributed by atoms with Crippen molar-refractivity contribution in [1.29, 1.82) is 0 Å². The number of hydrogen-bond donors (Lipinski definition) is 1. The van der Waals surface area contributed by atoms with Crippen LogP contribution >= 0.6 is 12.4 Å². The van der Waals surface area contributed by atoms with Crippen LogP contribution in [0.5, 0.6) is 0 Å². The van der Waals surface area contributed by atoms with Gasteiger partial charge in [-0.3, -0.25) is 0 Å². The van der Waals surface area contributed by atoms with Crippen molar-refractivity contribution in [3.63, 3.8) is 0 Å². The van der Waals surface area contributed by atoms with Crippen molar-refractivity contribution in [2.24, 2.45) is 5.73 Å². The molecule has 1 aliphatic rings. The predicted octanol–water partition coefficient (Wildman–Crippen LogP) is 4.33. The van der Waals surface area contributed by atoms with Gasteiger partial charge in [-0.2, -0.15) is 0 Å². The topological polar surface area (TPSA) is 46.6 Å². The van der Waals surface area contributed by atoms with E-state index >= 15 is 0 Å². The summed E-state index contributed by atoms with van der Waals surface area (Å²) in [6.45, 7) is 0. The minimum absolute atomic E-state index is 0. The maximum Gasteiger partial charge on any atom is 0.149 e. The zero-order valence-electron chi connectivity index (χ0n) is 15.1. The number of nitrogens with two attached hydrogens (primary N) is 1. The smallest absolute Gasteiger partial charge is 0.149 e. The molecular formula is C22H20ClFN4. The van der Waals surface area contributed by atoms with Crippen molar-refractivity contribution >= 4 is 23.9 Å². The van der Waals surface area contributed by atoms with E-state index in [-0.39, 0.29) is 30.4 Å². The van der Waals surface area contributed by atoms with Gasteiger partial charge in [0.15, 0.2) is 0 Å². The first kappa shape index (κ1) is 18.5. The Labute approximate surface area is 168 Å². The monoisotopic (exact) mass is 394 g/mol. The molecule has 2 aromatic carbocycles. The van der Waals surface area contributed by atoms with Crippen LogP contribution in [0.15, 0.2) is 79.1 Å². The zero-order chi connectivity index (χ0) is 18.4. The average Bonchev–Trinajstić information content (AvgIpc) is 3.11. The largest absolute Gasteiger partial charge is 0.329 e. The molecule has 1 aliphatic heterocycles. The Hall–Kier alpha value is -2.89. The molecule has 0 saturated carbocycles. The maximum atomic E-state index is 13.5. The highest BCUT2D eigenvalue weighted by molar-refractivity contribution is 5.85. The van der Waals surface area contributed by atoms with Crippen LogP contribution in [0.4, 0.5) is 10.2 Å². The number of hydrogen-bond acceptors (Lipinski definition) is 3. The number of fused-ring (bicyclic) bond motifs is 2. The fourth-order valence-electron chi connectivity index (χ4n) is 3.98. The number of anilines is 1. The van der Waals surface area contributed by atoms with Gasteiger partial charge in [0.25, 0.3) is 0 Å². The van der Waals surface area contributed by atoms with Crippen LogP contribution in [0, 0.1) is 5.82 Å². The molecule has 2 unspecified atom stereocenters. The standard InChI is InChI=1S/C22H19FN4.ClH/c23-17-10-8-15(9-11-17)22-18-6-2-1-5-16(18)13-19(24)27(22)21-14-26-12-4-3-7-20(26)25-21;/h1-12,14,19,22H,13,24H2;1H. The summed E-state index contributed by atoms with van der Waals surface area (Å²) in [6.07, 6.45) is 4.49. The molecule has 142 valence electrons. The molecule has 2 N–H and O–H groups in total. The second-order valence-electron chi connectivity index (χ2n) is 6.90. The molecule has 2 atom stereocenters. The molecule has 0 fully saturated rings. The Morgan fingerprint density at radius 3 is 2.50 bits per heavy atom. The van der Waals surface area contributed by atoms with Crippen LogP contribution < -0.4 is 10.6 Å². The summed E-state index contributed by atoms with van der Waals surface area (Å²) < 4.78 is 15.5. The van der Waals surface area contributed by atoms with Gasteiger partial charge in [-0.1, -0.05) is 42.5 Å². The molecule has 4 aromatic rings. The van der Waals surface area contributed by atoms with E-state index in [9.17, 15) is 4.39 Å². The molecule has 0 amide bonds. The molecule has 0 saturated heterocycles. The fraction of sp³-hybridized carbons (Fsp3) is 0.136. The summed E-state index contributed by atoms with van der Waals surface area (Å²) in [6, 6.07) is 20.8. The zero-order valence-corrected chi connectivity index (χ0v) is 15.9. The Morgan fingerprint density at radius 2 is 1.71 bits per heavy atom. The third-order valence-electron chi connectivity index (χ3n) is 5.22. The van der Waals surface area contributed by atoms with Gasteiger partial charge in [-0.15, -0.1) is 12.4 Å². The summed E-state index contributed by atoms with van der Waals surface area (Å²) >= 11 is 0. The molecule has 5 rings (SSSR count). The highest BCUT2D eigenvalue weighted by Crippen LogP contribution is 2.39. The Kier molecular flexibility index (Phi) is 4.79. The van der Waals surface area contributed by atoms with E-state index in [1.54, 1.807) is 0 Å². The number of halogens is 2. The van der Waals surface area contributed by atoms with Crippen molar-refractivity contribution in [3.05, 3.63) is 102 Å². The van der Waals surface area contributed by atoms with E-state index in [4.69, 9.17) is 10.7 Å². The van der Waals surface area contributed by atoms with Crippen LogP contribution in [-0.2, 0) is 6.42 Å². The number of aromatic nitrogens is 2. The van der Waals surface area contributed by atoms with Crippen LogP contribution in [0.3, 0.4) is 0 Å². The van der Waals surface area contributed by atoms with Crippen molar-refractivity contribution in [2.45, 2.75) is 18.6 Å². The first-order chi connectivity index (χ1) is 13.2. The molecule has 0 bridgehead atoms. The van der Waals surface area contributed by atoms with Crippen molar-refractivity contribution in [2.75, 3.05) is 4.90 Å². The van der Waals surface area contributed by atoms with Gasteiger partial charge in [0, 0.05) is 12.6 Å². The van der Waals surface area contributed by atoms with Crippen molar-refractivity contribution in [1.82, 2.24) is 9.38 Å². The van der Waals surface area contributed by atoms with Crippen LogP contribution in [0.1, 0.15) is 22.7 Å². The lowest BCUT2D eigenvalue weighted by Crippen LogP contribution is -2.49. The van der Waals surface area contributed by atoms with Gasteiger partial charge >= 0.3 is 0 Å². The summed E-state index contributed by atoms with van der Waals surface area (Å²) in [5.41, 5.74) is 10.9. The second-order valence-corrected chi connectivity index (χ2v) is 6.90. The van der Waals surface area contributed by atoms with Gasteiger partial charge in [-0.05, 0) is 41.0 Å². The van der Waals surface area contributed by atoms with E-state index in [0.29, 0.717) is 0 Å². The Morgan fingerprint density at radius 1 is 0.964 bits per heavy atom. The van der Waals surface area contributed by atoms with Crippen LogP contribution in [0.25, 0.3) is 5.65 Å². The normalized spacial score (nSPS) is 18.6. The number of pyridine rings is 1. The molecular weight excluding hydrogens is 375 g/mol. The lowest BCUT2D eigenvalue weighted by molar-refractivity contribution is 0.522. The maximum absolute atomic E-state index is 13.5. The third-order valence-corrected chi connectivity index (χ3v) is 5.22. The first-order valence-electron chi connectivity index (χ1n) is 9.01. The highest BCUT2D eigenvalue weighted by atomic mass is 35.5. The van der Waals surface area contributed by atoms with E-state index in [2.05, 4.69) is 17.0 Å². The molecule has 28 heavy (non-hydrogen) atoms. The van der Waals surface area contributed by atoms with Crippen molar-refractivity contribution < 1.29 is 4.39 Å². The summed E-state index contributed by atoms with van der Waals surface area (Å²) in [4.78, 5) is 6.93. The number of imidazole rings is 1. The molecule has 0 radical (unpaired) electrons. The molecule has 4 nitrogen and oxygen atoms in total. The molecule has 0 spiro atoms. The molecule has 3 heterocycles. The minimum Gasteiger partial charge on any atom is -0.329 e. The number of benzene rings is 2. The van der Waals surface area contributed by atoms with Gasteiger partial charge in [0.1, 0.15) is 17.3 Å². The predicted molar refractivity (Wildman–Crippen MR) is 111 cm³/mol. The van der Waals surface area contributed by atoms with Crippen LogP contribution in [-0.4, -0.2) is 15.6 Å². The van der Waals surface area contributed by atoms with Gasteiger partial charge in [0.05, 0.1) is 18.4 Å². The minimum atomic E-state index is -0.244. The van der Waals surface area contributed by atoms with Crippen molar-refractivity contribution in [3.8, 4) is 0 Å². The first-order valence-corrected chi connectivity index (χ1v) is 9.01. The van der Waals surface area contributed by atoms with Crippen LogP contribution in [0.2, 0.25) is 0 Å².